The van der Waals surface area contributed by atoms with Crippen molar-refractivity contribution >= 4 is 6.09 Å². The first-order valence-electron chi connectivity index (χ1n) is 10.4. The lowest BCUT2D eigenvalue weighted by Crippen LogP contribution is -2.39. The van der Waals surface area contributed by atoms with Crippen LogP contribution in [0.4, 0.5) is 4.79 Å². The van der Waals surface area contributed by atoms with Crippen molar-refractivity contribution in [2.45, 2.75) is 57.8 Å². The maximum Gasteiger partial charge on any atom is 0.408 e. The van der Waals surface area contributed by atoms with Crippen LogP contribution >= 0.6 is 0 Å². The molecule has 3 heterocycles. The Bertz CT molecular complexity index is 800. The summed E-state index contributed by atoms with van der Waals surface area (Å²) in [5, 5.41) is 20.4. The molecule has 162 valence electrons. The minimum Gasteiger partial charge on any atom is -0.444 e. The molecule has 0 bridgehead atoms. The lowest BCUT2D eigenvalue weighted by Gasteiger charge is -2.31. The zero-order valence-electron chi connectivity index (χ0n) is 17.9. The summed E-state index contributed by atoms with van der Waals surface area (Å²) in [6.45, 7) is 8.10. The number of nitrogens with one attached hydrogen (secondary N) is 1. The van der Waals surface area contributed by atoms with Crippen molar-refractivity contribution < 1.29 is 14.6 Å². The highest BCUT2D eigenvalue weighted by Gasteiger charge is 2.23. The Morgan fingerprint density at radius 1 is 1.23 bits per heavy atom. The fourth-order valence-electron chi connectivity index (χ4n) is 3.45. The van der Waals surface area contributed by atoms with Gasteiger partial charge >= 0.3 is 6.09 Å². The number of piperidine rings is 1. The van der Waals surface area contributed by atoms with E-state index in [-0.39, 0.29) is 12.1 Å². The Labute approximate surface area is 177 Å². The van der Waals surface area contributed by atoms with Crippen molar-refractivity contribution in [3.8, 4) is 11.3 Å². The molecule has 8 heteroatoms. The molecular weight excluding hydrogens is 382 g/mol. The molecule has 1 saturated heterocycles. The second-order valence-electron chi connectivity index (χ2n) is 8.67. The SMILES string of the molecule is CC(C)(C)OC(=O)N[C@H](CCN1CCC(O)CC1)c1ccc(-c2ccnnc2)nc1. The molecule has 1 atom stereocenters. The van der Waals surface area contributed by atoms with Crippen molar-refractivity contribution in [1.29, 1.82) is 0 Å². The number of carbonyl (C=O) groups is 1. The largest absolute Gasteiger partial charge is 0.444 e. The zero-order valence-corrected chi connectivity index (χ0v) is 17.9. The maximum absolute atomic E-state index is 12.4. The van der Waals surface area contributed by atoms with Gasteiger partial charge in [0.15, 0.2) is 0 Å². The number of carbonyl (C=O) groups excluding carboxylic acids is 1. The third kappa shape index (κ3) is 6.74. The number of aliphatic hydroxyl groups excluding tert-OH is 1. The van der Waals surface area contributed by atoms with Gasteiger partial charge in [-0.05, 0) is 57.7 Å². The number of rotatable bonds is 6. The molecule has 2 N–H and O–H groups in total. The third-order valence-electron chi connectivity index (χ3n) is 5.05. The van der Waals surface area contributed by atoms with Crippen LogP contribution in [-0.4, -0.2) is 62.6 Å². The first-order valence-corrected chi connectivity index (χ1v) is 10.4. The summed E-state index contributed by atoms with van der Waals surface area (Å²) >= 11 is 0. The summed E-state index contributed by atoms with van der Waals surface area (Å²) in [5.41, 5.74) is 2.05. The van der Waals surface area contributed by atoms with E-state index in [2.05, 4.69) is 25.4 Å². The van der Waals surface area contributed by atoms with E-state index in [1.807, 2.05) is 39.0 Å². The van der Waals surface area contributed by atoms with Crippen LogP contribution in [0.1, 0.15) is 51.6 Å². The molecule has 1 fully saturated rings. The second-order valence-corrected chi connectivity index (χ2v) is 8.67. The molecule has 0 aliphatic carbocycles. The number of likely N-dealkylation sites (tertiary alicyclic amines) is 1. The van der Waals surface area contributed by atoms with Gasteiger partial charge in [-0.3, -0.25) is 4.98 Å². The van der Waals surface area contributed by atoms with Gasteiger partial charge in [0.1, 0.15) is 5.60 Å². The van der Waals surface area contributed by atoms with Gasteiger partial charge in [-0.15, -0.1) is 0 Å². The average Bonchev–Trinajstić information content (AvgIpc) is 2.72. The molecule has 2 aromatic heterocycles. The fraction of sp³-hybridized carbons (Fsp3) is 0.545. The van der Waals surface area contributed by atoms with Crippen LogP contribution in [0.25, 0.3) is 11.3 Å². The van der Waals surface area contributed by atoms with E-state index < -0.39 is 11.7 Å². The summed E-state index contributed by atoms with van der Waals surface area (Å²) in [7, 11) is 0. The van der Waals surface area contributed by atoms with Gasteiger partial charge < -0.3 is 20.1 Å². The lowest BCUT2D eigenvalue weighted by atomic mass is 10.0. The van der Waals surface area contributed by atoms with E-state index in [1.54, 1.807) is 18.6 Å². The average molecular weight is 414 g/mol. The van der Waals surface area contributed by atoms with Crippen LogP contribution in [0.5, 0.6) is 0 Å². The van der Waals surface area contributed by atoms with Gasteiger partial charge in [-0.2, -0.15) is 10.2 Å². The van der Waals surface area contributed by atoms with Gasteiger partial charge in [-0.1, -0.05) is 6.07 Å². The van der Waals surface area contributed by atoms with Gasteiger partial charge in [0.2, 0.25) is 0 Å². The van der Waals surface area contributed by atoms with Crippen molar-refractivity contribution in [2.75, 3.05) is 19.6 Å². The predicted octanol–water partition coefficient (Wildman–Crippen LogP) is 2.95. The second kappa shape index (κ2) is 9.95. The van der Waals surface area contributed by atoms with E-state index in [0.29, 0.717) is 0 Å². The first kappa shape index (κ1) is 22.1. The summed E-state index contributed by atoms with van der Waals surface area (Å²) in [5.74, 6) is 0. The molecule has 1 amide bonds. The van der Waals surface area contributed by atoms with E-state index in [0.717, 1.165) is 55.7 Å². The summed E-state index contributed by atoms with van der Waals surface area (Å²) in [6, 6.07) is 5.54. The van der Waals surface area contributed by atoms with Gasteiger partial charge in [0, 0.05) is 31.4 Å². The number of aliphatic hydroxyl groups is 1. The minimum atomic E-state index is -0.561. The highest BCUT2D eigenvalue weighted by Crippen LogP contribution is 2.22. The van der Waals surface area contributed by atoms with Crippen LogP contribution in [-0.2, 0) is 4.74 Å². The predicted molar refractivity (Wildman–Crippen MR) is 114 cm³/mol. The maximum atomic E-state index is 12.4. The molecule has 8 nitrogen and oxygen atoms in total. The molecule has 3 rings (SSSR count). The van der Waals surface area contributed by atoms with E-state index in [4.69, 9.17) is 4.74 Å². The molecule has 0 aromatic carbocycles. The number of hydrogen-bond donors (Lipinski definition) is 2. The van der Waals surface area contributed by atoms with Gasteiger partial charge in [0.05, 0.1) is 30.2 Å². The number of hydrogen-bond acceptors (Lipinski definition) is 7. The van der Waals surface area contributed by atoms with Crippen LogP contribution < -0.4 is 5.32 Å². The number of nitrogens with zero attached hydrogens (tertiary/aromatic N) is 4. The normalized spacial score (nSPS) is 16.8. The highest BCUT2D eigenvalue weighted by molar-refractivity contribution is 5.68. The Kier molecular flexibility index (Phi) is 7.33. The van der Waals surface area contributed by atoms with E-state index >= 15 is 0 Å². The quantitative estimate of drug-likeness (QED) is 0.751. The van der Waals surface area contributed by atoms with Crippen molar-refractivity contribution in [3.05, 3.63) is 42.4 Å². The van der Waals surface area contributed by atoms with Crippen molar-refractivity contribution in [3.63, 3.8) is 0 Å². The molecule has 0 saturated carbocycles. The summed E-state index contributed by atoms with van der Waals surface area (Å²) < 4.78 is 5.46. The smallest absolute Gasteiger partial charge is 0.408 e. The lowest BCUT2D eigenvalue weighted by molar-refractivity contribution is 0.0491. The van der Waals surface area contributed by atoms with Crippen LogP contribution in [0.15, 0.2) is 36.8 Å². The molecule has 1 aliphatic heterocycles. The van der Waals surface area contributed by atoms with Crippen LogP contribution in [0.3, 0.4) is 0 Å². The molecule has 30 heavy (non-hydrogen) atoms. The first-order chi connectivity index (χ1) is 14.3. The molecule has 1 aliphatic rings. The fourth-order valence-corrected chi connectivity index (χ4v) is 3.45. The number of amides is 1. The number of ether oxygens (including phenoxy) is 1. The molecule has 0 unspecified atom stereocenters. The highest BCUT2D eigenvalue weighted by atomic mass is 16.6. The van der Waals surface area contributed by atoms with Crippen molar-refractivity contribution in [2.24, 2.45) is 0 Å². The zero-order chi connectivity index (χ0) is 21.6. The number of aromatic nitrogens is 3. The number of alkyl carbamates (subject to hydrolysis) is 1. The third-order valence-corrected chi connectivity index (χ3v) is 5.05. The Morgan fingerprint density at radius 2 is 2.00 bits per heavy atom. The van der Waals surface area contributed by atoms with Crippen LogP contribution in [0.2, 0.25) is 0 Å². The Balaban J connectivity index is 1.70. The number of pyridine rings is 1. The molecule has 0 spiro atoms. The molecule has 0 radical (unpaired) electrons. The Hall–Kier alpha value is -2.58. The van der Waals surface area contributed by atoms with E-state index in [1.165, 1.54) is 0 Å². The standard InChI is InChI=1S/C22H31N5O3/c1-22(2,3)30-21(29)26-20(9-13-27-11-7-18(28)8-12-27)16-4-5-19(23-14-16)17-6-10-24-25-15-17/h4-6,10,14-15,18,20,28H,7-9,11-13H2,1-3H3,(H,26,29)/t20-/m1/s1. The Morgan fingerprint density at radius 3 is 2.60 bits per heavy atom. The van der Waals surface area contributed by atoms with Gasteiger partial charge in [-0.25, -0.2) is 4.79 Å². The summed E-state index contributed by atoms with van der Waals surface area (Å²) in [6.07, 6.45) is 6.77. The molecule has 2 aromatic rings. The topological polar surface area (TPSA) is 100 Å². The minimum absolute atomic E-state index is 0.198. The monoisotopic (exact) mass is 413 g/mol. The summed E-state index contributed by atoms with van der Waals surface area (Å²) in [4.78, 5) is 19.3. The molecular formula is C22H31N5O3. The van der Waals surface area contributed by atoms with E-state index in [9.17, 15) is 9.90 Å². The van der Waals surface area contributed by atoms with Gasteiger partial charge in [0.25, 0.3) is 0 Å². The van der Waals surface area contributed by atoms with Crippen molar-refractivity contribution in [1.82, 2.24) is 25.4 Å². The van der Waals surface area contributed by atoms with Crippen LogP contribution in [0, 0.1) is 0 Å².